The number of nitrogens with one attached hydrogen (secondary N) is 1. The van der Waals surface area contributed by atoms with Gasteiger partial charge in [0.15, 0.2) is 0 Å². The average molecular weight is 455 g/mol. The molecule has 29 heavy (non-hydrogen) atoms. The number of halogens is 1. The highest BCUT2D eigenvalue weighted by molar-refractivity contribution is 9.10. The summed E-state index contributed by atoms with van der Waals surface area (Å²) in [6.45, 7) is 1.89. The lowest BCUT2D eigenvalue weighted by Crippen LogP contribution is -2.32. The Morgan fingerprint density at radius 3 is 2.62 bits per heavy atom. The second-order valence-corrected chi connectivity index (χ2v) is 7.42. The van der Waals surface area contributed by atoms with Crippen LogP contribution in [0.15, 0.2) is 47.2 Å². The predicted octanol–water partition coefficient (Wildman–Crippen LogP) is 2.36. The highest BCUT2D eigenvalue weighted by Crippen LogP contribution is 2.26. The van der Waals surface area contributed by atoms with Crippen LogP contribution in [0.25, 0.3) is 5.69 Å². The van der Waals surface area contributed by atoms with Crippen molar-refractivity contribution in [2.24, 2.45) is 0 Å². The summed E-state index contributed by atoms with van der Waals surface area (Å²) >= 11 is 3.30. The van der Waals surface area contributed by atoms with E-state index in [1.807, 2.05) is 6.92 Å². The molecule has 4 rings (SSSR count). The van der Waals surface area contributed by atoms with Crippen LogP contribution >= 0.6 is 15.9 Å². The number of carbonyl (C=O) groups excluding carboxylic acids is 3. The summed E-state index contributed by atoms with van der Waals surface area (Å²) < 4.78 is 2.25. The molecule has 0 unspecified atom stereocenters. The zero-order valence-corrected chi connectivity index (χ0v) is 16.9. The first-order valence-electron chi connectivity index (χ1n) is 8.73. The number of imide groups is 1. The first kappa shape index (κ1) is 18.9. The number of fused-ring (bicyclic) bond motifs is 1. The molecule has 1 aliphatic rings. The molecule has 0 spiro atoms. The van der Waals surface area contributed by atoms with Crippen LogP contribution < -0.4 is 5.32 Å². The maximum absolute atomic E-state index is 12.5. The number of hydrogen-bond acceptors (Lipinski definition) is 6. The number of rotatable bonds is 5. The van der Waals surface area contributed by atoms with E-state index < -0.39 is 0 Å². The Hall–Kier alpha value is -3.40. The molecule has 1 aliphatic heterocycles. The van der Waals surface area contributed by atoms with Crippen molar-refractivity contribution >= 4 is 39.3 Å². The second kappa shape index (κ2) is 7.55. The van der Waals surface area contributed by atoms with Gasteiger partial charge < -0.3 is 5.32 Å². The van der Waals surface area contributed by atoms with Gasteiger partial charge in [0.25, 0.3) is 11.8 Å². The highest BCUT2D eigenvalue weighted by atomic mass is 79.9. The van der Waals surface area contributed by atoms with Gasteiger partial charge in [0.2, 0.25) is 5.91 Å². The van der Waals surface area contributed by atoms with Crippen LogP contribution in [0, 0.1) is 6.92 Å². The van der Waals surface area contributed by atoms with Gasteiger partial charge in [-0.15, -0.1) is 5.10 Å². The van der Waals surface area contributed by atoms with Gasteiger partial charge in [0.05, 0.1) is 16.8 Å². The predicted molar refractivity (Wildman–Crippen MR) is 107 cm³/mol. The summed E-state index contributed by atoms with van der Waals surface area (Å²) in [6, 6.07) is 10.3. The van der Waals surface area contributed by atoms with E-state index in [1.165, 1.54) is 11.0 Å². The molecule has 1 N–H and O–H groups in total. The maximum atomic E-state index is 12.5. The van der Waals surface area contributed by atoms with E-state index in [9.17, 15) is 14.4 Å². The first-order valence-corrected chi connectivity index (χ1v) is 9.53. The number of amides is 3. The molecule has 10 heteroatoms. The first-order chi connectivity index (χ1) is 13.9. The standard InChI is InChI=1S/C19H15BrN6O3/c1-11-8-13(3-5-16(11)26-10-21-23-24-26)22-17(27)6-7-25-18(28)14-4-2-12(20)9-15(14)19(25)29/h2-5,8-10H,6-7H2,1H3,(H,22,27). The van der Waals surface area contributed by atoms with Gasteiger partial charge in [-0.1, -0.05) is 15.9 Å². The van der Waals surface area contributed by atoms with Crippen molar-refractivity contribution in [2.75, 3.05) is 11.9 Å². The Kier molecular flexibility index (Phi) is 4.93. The van der Waals surface area contributed by atoms with Crippen molar-refractivity contribution in [1.82, 2.24) is 25.1 Å². The molecule has 0 saturated heterocycles. The molecule has 3 aromatic rings. The number of tetrazole rings is 1. The summed E-state index contributed by atoms with van der Waals surface area (Å²) in [7, 11) is 0. The normalized spacial score (nSPS) is 13.0. The lowest BCUT2D eigenvalue weighted by molar-refractivity contribution is -0.116. The van der Waals surface area contributed by atoms with E-state index in [0.717, 1.165) is 20.6 Å². The minimum Gasteiger partial charge on any atom is -0.326 e. The van der Waals surface area contributed by atoms with Crippen molar-refractivity contribution in [3.8, 4) is 5.69 Å². The molecule has 9 nitrogen and oxygen atoms in total. The van der Waals surface area contributed by atoms with Gasteiger partial charge in [-0.05, 0) is 59.3 Å². The Morgan fingerprint density at radius 1 is 1.10 bits per heavy atom. The second-order valence-electron chi connectivity index (χ2n) is 6.51. The molecule has 0 radical (unpaired) electrons. The zero-order chi connectivity index (χ0) is 20.5. The van der Waals surface area contributed by atoms with Gasteiger partial charge in [0.1, 0.15) is 6.33 Å². The fourth-order valence-electron chi connectivity index (χ4n) is 3.16. The Labute approximate surface area is 173 Å². The topological polar surface area (TPSA) is 110 Å². The SMILES string of the molecule is Cc1cc(NC(=O)CCN2C(=O)c3ccc(Br)cc3C2=O)ccc1-n1cnnn1. The Morgan fingerprint density at radius 2 is 1.90 bits per heavy atom. The van der Waals surface area contributed by atoms with Gasteiger partial charge in [-0.3, -0.25) is 19.3 Å². The van der Waals surface area contributed by atoms with Crippen LogP contribution in [-0.4, -0.2) is 49.4 Å². The molecule has 3 amide bonds. The number of aryl methyl sites for hydroxylation is 1. The number of hydrogen-bond donors (Lipinski definition) is 1. The summed E-state index contributed by atoms with van der Waals surface area (Å²) in [6.07, 6.45) is 1.49. The number of benzene rings is 2. The van der Waals surface area contributed by atoms with Crippen molar-refractivity contribution in [3.63, 3.8) is 0 Å². The van der Waals surface area contributed by atoms with E-state index >= 15 is 0 Å². The van der Waals surface area contributed by atoms with Crippen molar-refractivity contribution in [3.05, 3.63) is 63.9 Å². The molecule has 0 bridgehead atoms. The van der Waals surface area contributed by atoms with E-state index in [2.05, 4.69) is 36.8 Å². The van der Waals surface area contributed by atoms with Crippen LogP contribution in [0.5, 0.6) is 0 Å². The Balaban J connectivity index is 1.39. The smallest absolute Gasteiger partial charge is 0.261 e. The largest absolute Gasteiger partial charge is 0.326 e. The van der Waals surface area contributed by atoms with E-state index in [-0.39, 0.29) is 30.7 Å². The fourth-order valence-corrected chi connectivity index (χ4v) is 3.53. The van der Waals surface area contributed by atoms with Crippen LogP contribution in [0.4, 0.5) is 5.69 Å². The molecule has 146 valence electrons. The fraction of sp³-hybridized carbons (Fsp3) is 0.158. The third kappa shape index (κ3) is 3.66. The quantitative estimate of drug-likeness (QED) is 0.592. The number of nitrogens with zero attached hydrogens (tertiary/aromatic N) is 5. The van der Waals surface area contributed by atoms with Crippen LogP contribution in [0.2, 0.25) is 0 Å². The molecule has 1 aromatic heterocycles. The molecule has 0 fully saturated rings. The number of aromatic nitrogens is 4. The van der Waals surface area contributed by atoms with Crippen LogP contribution in [0.3, 0.4) is 0 Å². The Bertz CT molecular complexity index is 1130. The van der Waals surface area contributed by atoms with Crippen molar-refractivity contribution in [2.45, 2.75) is 13.3 Å². The van der Waals surface area contributed by atoms with Gasteiger partial charge in [-0.25, -0.2) is 4.68 Å². The average Bonchev–Trinajstić information content (AvgIpc) is 3.29. The van der Waals surface area contributed by atoms with E-state index in [1.54, 1.807) is 36.4 Å². The lowest BCUT2D eigenvalue weighted by atomic mass is 10.1. The lowest BCUT2D eigenvalue weighted by Gasteiger charge is -2.14. The van der Waals surface area contributed by atoms with E-state index in [4.69, 9.17) is 0 Å². The highest BCUT2D eigenvalue weighted by Gasteiger charge is 2.35. The van der Waals surface area contributed by atoms with Gasteiger partial charge >= 0.3 is 0 Å². The van der Waals surface area contributed by atoms with E-state index in [0.29, 0.717) is 16.8 Å². The third-order valence-electron chi connectivity index (χ3n) is 4.57. The number of carbonyl (C=O) groups is 3. The molecule has 0 saturated carbocycles. The molecule has 2 heterocycles. The maximum Gasteiger partial charge on any atom is 0.261 e. The van der Waals surface area contributed by atoms with Crippen molar-refractivity contribution < 1.29 is 14.4 Å². The third-order valence-corrected chi connectivity index (χ3v) is 5.06. The molecular formula is C19H15BrN6O3. The monoisotopic (exact) mass is 454 g/mol. The summed E-state index contributed by atoms with van der Waals surface area (Å²) in [4.78, 5) is 38.3. The van der Waals surface area contributed by atoms with Gasteiger partial charge in [-0.2, -0.15) is 0 Å². The number of anilines is 1. The van der Waals surface area contributed by atoms with Crippen LogP contribution in [0.1, 0.15) is 32.7 Å². The molecular weight excluding hydrogens is 440 g/mol. The van der Waals surface area contributed by atoms with Gasteiger partial charge in [0, 0.05) is 23.1 Å². The van der Waals surface area contributed by atoms with Crippen LogP contribution in [-0.2, 0) is 4.79 Å². The minimum absolute atomic E-state index is 0.000430. The van der Waals surface area contributed by atoms with Crippen molar-refractivity contribution in [1.29, 1.82) is 0 Å². The zero-order valence-electron chi connectivity index (χ0n) is 15.3. The summed E-state index contributed by atoms with van der Waals surface area (Å²) in [5, 5.41) is 13.8. The molecule has 2 aromatic carbocycles. The minimum atomic E-state index is -0.388. The molecule has 0 aliphatic carbocycles. The molecule has 0 atom stereocenters. The summed E-state index contributed by atoms with van der Waals surface area (Å²) in [5.41, 5.74) is 2.98. The summed E-state index contributed by atoms with van der Waals surface area (Å²) in [5.74, 6) is -1.06.